The highest BCUT2D eigenvalue weighted by Gasteiger charge is 2.04. The zero-order chi connectivity index (χ0) is 14.3. The van der Waals surface area contributed by atoms with Crippen molar-refractivity contribution in [2.75, 3.05) is 5.32 Å². The summed E-state index contributed by atoms with van der Waals surface area (Å²) in [6, 6.07) is 23.6. The first-order valence-corrected chi connectivity index (χ1v) is 6.87. The van der Waals surface area contributed by atoms with Gasteiger partial charge in [-0.1, -0.05) is 42.5 Å². The van der Waals surface area contributed by atoms with Crippen LogP contribution in [0, 0.1) is 0 Å². The van der Waals surface area contributed by atoms with E-state index in [1.54, 1.807) is 6.20 Å². The van der Waals surface area contributed by atoms with Crippen LogP contribution >= 0.6 is 0 Å². The molecule has 0 atom stereocenters. The fraction of sp³-hybridized carbons (Fsp3) is 0.0556. The number of ether oxygens (including phenoxy) is 1. The molecule has 3 rings (SSSR count). The second-order valence-electron chi connectivity index (χ2n) is 4.59. The van der Waals surface area contributed by atoms with Crippen molar-refractivity contribution in [2.24, 2.45) is 0 Å². The molecule has 21 heavy (non-hydrogen) atoms. The SMILES string of the molecule is c1ccc(Oc2ccccc2CNc2ccccn2)cc1. The standard InChI is InChI=1S/C18H16N2O/c1-2-9-16(10-3-1)21-17-11-5-4-8-15(17)14-20-18-12-6-7-13-19-18/h1-13H,14H2,(H,19,20). The minimum absolute atomic E-state index is 0.667. The lowest BCUT2D eigenvalue weighted by molar-refractivity contribution is 0.477. The zero-order valence-corrected chi connectivity index (χ0v) is 11.6. The second-order valence-corrected chi connectivity index (χ2v) is 4.59. The minimum atomic E-state index is 0.667. The van der Waals surface area contributed by atoms with Crippen molar-refractivity contribution >= 4 is 5.82 Å². The molecule has 2 aromatic carbocycles. The molecule has 0 saturated carbocycles. The molecule has 0 bridgehead atoms. The second kappa shape index (κ2) is 6.57. The van der Waals surface area contributed by atoms with Crippen LogP contribution < -0.4 is 10.1 Å². The summed E-state index contributed by atoms with van der Waals surface area (Å²) in [7, 11) is 0. The lowest BCUT2D eigenvalue weighted by atomic mass is 10.2. The molecule has 1 N–H and O–H groups in total. The monoisotopic (exact) mass is 276 g/mol. The van der Waals surface area contributed by atoms with Crippen LogP contribution in [-0.2, 0) is 6.54 Å². The highest BCUT2D eigenvalue weighted by molar-refractivity contribution is 5.41. The van der Waals surface area contributed by atoms with E-state index in [4.69, 9.17) is 4.74 Å². The maximum absolute atomic E-state index is 5.94. The van der Waals surface area contributed by atoms with E-state index in [-0.39, 0.29) is 0 Å². The molecule has 3 heteroatoms. The van der Waals surface area contributed by atoms with Gasteiger partial charge in [0.2, 0.25) is 0 Å². The van der Waals surface area contributed by atoms with Crippen LogP contribution in [0.5, 0.6) is 11.5 Å². The molecule has 3 nitrogen and oxygen atoms in total. The fourth-order valence-electron chi connectivity index (χ4n) is 2.02. The quantitative estimate of drug-likeness (QED) is 0.745. The first-order chi connectivity index (χ1) is 10.4. The first kappa shape index (κ1) is 13.2. The smallest absolute Gasteiger partial charge is 0.132 e. The van der Waals surface area contributed by atoms with Gasteiger partial charge in [0.25, 0.3) is 0 Å². The molecule has 0 unspecified atom stereocenters. The Hall–Kier alpha value is -2.81. The number of rotatable bonds is 5. The Morgan fingerprint density at radius 1 is 0.810 bits per heavy atom. The van der Waals surface area contributed by atoms with Crippen LogP contribution in [0.4, 0.5) is 5.82 Å². The van der Waals surface area contributed by atoms with E-state index in [0.29, 0.717) is 6.54 Å². The van der Waals surface area contributed by atoms with Gasteiger partial charge in [-0.15, -0.1) is 0 Å². The van der Waals surface area contributed by atoms with E-state index < -0.39 is 0 Å². The van der Waals surface area contributed by atoms with Gasteiger partial charge in [0.15, 0.2) is 0 Å². The van der Waals surface area contributed by atoms with Gasteiger partial charge in [0, 0.05) is 18.3 Å². The average molecular weight is 276 g/mol. The first-order valence-electron chi connectivity index (χ1n) is 6.87. The van der Waals surface area contributed by atoms with Gasteiger partial charge in [-0.3, -0.25) is 0 Å². The van der Waals surface area contributed by atoms with Crippen molar-refractivity contribution < 1.29 is 4.74 Å². The van der Waals surface area contributed by atoms with E-state index >= 15 is 0 Å². The molecule has 0 aliphatic heterocycles. The Balaban J connectivity index is 1.73. The Bertz CT molecular complexity index is 684. The highest BCUT2D eigenvalue weighted by atomic mass is 16.5. The highest BCUT2D eigenvalue weighted by Crippen LogP contribution is 2.25. The van der Waals surface area contributed by atoms with Crippen molar-refractivity contribution in [1.29, 1.82) is 0 Å². The van der Waals surface area contributed by atoms with Crippen molar-refractivity contribution in [3.05, 3.63) is 84.6 Å². The van der Waals surface area contributed by atoms with Crippen molar-refractivity contribution in [1.82, 2.24) is 4.98 Å². The molecule has 0 radical (unpaired) electrons. The van der Waals surface area contributed by atoms with Gasteiger partial charge in [0.05, 0.1) is 0 Å². The van der Waals surface area contributed by atoms with Gasteiger partial charge in [-0.05, 0) is 30.3 Å². The van der Waals surface area contributed by atoms with Crippen LogP contribution in [0.25, 0.3) is 0 Å². The van der Waals surface area contributed by atoms with Gasteiger partial charge in [-0.2, -0.15) is 0 Å². The van der Waals surface area contributed by atoms with Gasteiger partial charge >= 0.3 is 0 Å². The van der Waals surface area contributed by atoms with Gasteiger partial charge in [0.1, 0.15) is 17.3 Å². The third-order valence-electron chi connectivity index (χ3n) is 3.07. The van der Waals surface area contributed by atoms with Crippen LogP contribution in [0.3, 0.4) is 0 Å². The summed E-state index contributed by atoms with van der Waals surface area (Å²) < 4.78 is 5.94. The summed E-state index contributed by atoms with van der Waals surface area (Å²) >= 11 is 0. The Morgan fingerprint density at radius 2 is 1.57 bits per heavy atom. The Labute approximate surface area is 124 Å². The fourth-order valence-corrected chi connectivity index (χ4v) is 2.02. The molecule has 0 amide bonds. The molecule has 0 spiro atoms. The third-order valence-corrected chi connectivity index (χ3v) is 3.07. The van der Waals surface area contributed by atoms with Gasteiger partial charge < -0.3 is 10.1 Å². The van der Waals surface area contributed by atoms with E-state index in [1.165, 1.54) is 0 Å². The van der Waals surface area contributed by atoms with Crippen LogP contribution in [0.15, 0.2) is 79.0 Å². The summed E-state index contributed by atoms with van der Waals surface area (Å²) in [5.74, 6) is 2.54. The lowest BCUT2D eigenvalue weighted by Gasteiger charge is -2.12. The normalized spacial score (nSPS) is 10.1. The number of hydrogen-bond donors (Lipinski definition) is 1. The van der Waals surface area contributed by atoms with Crippen LogP contribution in [0.1, 0.15) is 5.56 Å². The number of anilines is 1. The lowest BCUT2D eigenvalue weighted by Crippen LogP contribution is -2.02. The minimum Gasteiger partial charge on any atom is -0.457 e. The summed E-state index contributed by atoms with van der Waals surface area (Å²) in [6.07, 6.45) is 1.77. The molecular weight excluding hydrogens is 260 g/mol. The number of benzene rings is 2. The summed E-state index contributed by atoms with van der Waals surface area (Å²) in [4.78, 5) is 4.26. The molecule has 1 aromatic heterocycles. The number of nitrogens with zero attached hydrogens (tertiary/aromatic N) is 1. The van der Waals surface area contributed by atoms with Crippen molar-refractivity contribution in [3.8, 4) is 11.5 Å². The largest absolute Gasteiger partial charge is 0.457 e. The number of pyridine rings is 1. The molecule has 104 valence electrons. The summed E-state index contributed by atoms with van der Waals surface area (Å²) in [5, 5.41) is 3.30. The Kier molecular flexibility index (Phi) is 4.12. The van der Waals surface area contributed by atoms with Crippen LogP contribution in [-0.4, -0.2) is 4.98 Å². The third kappa shape index (κ3) is 3.60. The van der Waals surface area contributed by atoms with Crippen LogP contribution in [0.2, 0.25) is 0 Å². The molecule has 1 heterocycles. The summed E-state index contributed by atoms with van der Waals surface area (Å²) in [6.45, 7) is 0.667. The summed E-state index contributed by atoms with van der Waals surface area (Å²) in [5.41, 5.74) is 1.09. The molecule has 0 aliphatic rings. The number of hydrogen-bond acceptors (Lipinski definition) is 3. The van der Waals surface area contributed by atoms with Crippen molar-refractivity contribution in [3.63, 3.8) is 0 Å². The van der Waals surface area contributed by atoms with E-state index in [1.807, 2.05) is 72.8 Å². The maximum Gasteiger partial charge on any atom is 0.132 e. The molecule has 0 saturated heterocycles. The van der Waals surface area contributed by atoms with E-state index in [2.05, 4.69) is 10.3 Å². The molecule has 3 aromatic rings. The Morgan fingerprint density at radius 3 is 2.38 bits per heavy atom. The molecular formula is C18H16N2O. The van der Waals surface area contributed by atoms with Crippen molar-refractivity contribution in [2.45, 2.75) is 6.54 Å². The van der Waals surface area contributed by atoms with Gasteiger partial charge in [-0.25, -0.2) is 4.98 Å². The average Bonchev–Trinajstić information content (AvgIpc) is 2.56. The van der Waals surface area contributed by atoms with E-state index in [9.17, 15) is 0 Å². The predicted octanol–water partition coefficient (Wildman–Crippen LogP) is 4.49. The molecule has 0 fully saturated rings. The topological polar surface area (TPSA) is 34.1 Å². The molecule has 0 aliphatic carbocycles. The zero-order valence-electron chi connectivity index (χ0n) is 11.6. The van der Waals surface area contributed by atoms with E-state index in [0.717, 1.165) is 22.9 Å². The predicted molar refractivity (Wildman–Crippen MR) is 84.5 cm³/mol. The number of nitrogens with one attached hydrogen (secondary N) is 1. The maximum atomic E-state index is 5.94. The number of para-hydroxylation sites is 2. The number of aromatic nitrogens is 1.